The van der Waals surface area contributed by atoms with E-state index in [0.29, 0.717) is 25.2 Å². The quantitative estimate of drug-likeness (QED) is 0.330. The molecule has 2 aliphatic rings. The number of aromatic nitrogens is 2. The number of pyridine rings is 2. The summed E-state index contributed by atoms with van der Waals surface area (Å²) in [5, 5.41) is 32.1. The first-order valence-corrected chi connectivity index (χ1v) is 11.3. The highest BCUT2D eigenvalue weighted by atomic mass is 19.4. The number of hydrogen-bond donors (Lipinski definition) is 5. The number of halogens is 3. The van der Waals surface area contributed by atoms with Crippen molar-refractivity contribution >= 4 is 29.3 Å². The highest BCUT2D eigenvalue weighted by molar-refractivity contribution is 6.05. The maximum Gasteiger partial charge on any atom is 0.408 e. The molecule has 4 heterocycles. The van der Waals surface area contributed by atoms with Crippen molar-refractivity contribution in [1.29, 1.82) is 0 Å². The SMILES string of the molecule is C[C@@H](NC(=O)c1ccc2c(n1)N(C(=O)Nc1ccc(OCC(O)(O)CO)cn1)C1CCN2C1)C(F)(F)F. The van der Waals surface area contributed by atoms with Gasteiger partial charge in [-0.3, -0.25) is 15.0 Å². The van der Waals surface area contributed by atoms with Crippen molar-refractivity contribution in [2.75, 3.05) is 41.4 Å². The Kier molecular flexibility index (Phi) is 7.12. The van der Waals surface area contributed by atoms with Crippen LogP contribution in [0.4, 0.5) is 35.3 Å². The summed E-state index contributed by atoms with van der Waals surface area (Å²) >= 11 is 0. The molecule has 37 heavy (non-hydrogen) atoms. The second-order valence-corrected chi connectivity index (χ2v) is 8.77. The van der Waals surface area contributed by atoms with Crippen molar-refractivity contribution in [3.63, 3.8) is 0 Å². The molecule has 0 aliphatic carbocycles. The fourth-order valence-electron chi connectivity index (χ4n) is 3.90. The largest absolute Gasteiger partial charge is 0.486 e. The average Bonchev–Trinajstić information content (AvgIpc) is 3.27. The van der Waals surface area contributed by atoms with Crippen LogP contribution >= 0.6 is 0 Å². The standard InChI is InChI=1S/C22H25F3N6O6/c1-12(22(23,24)25)27-19(33)15-3-4-16-18(28-15)31(13-6-7-30(16)9-13)20(34)29-17-5-2-14(8-26-17)37-11-21(35,36)10-32/h2-5,8,12-13,32,35-36H,6-7,9-11H2,1H3,(H,27,33)(H,26,29,34)/t12-,13?/m1/s1. The summed E-state index contributed by atoms with van der Waals surface area (Å²) in [6.45, 7) is 0.442. The number of aliphatic hydroxyl groups is 3. The first-order valence-electron chi connectivity index (χ1n) is 11.3. The number of nitrogens with zero attached hydrogens (tertiary/aromatic N) is 4. The summed E-state index contributed by atoms with van der Waals surface area (Å²) in [6, 6.07) is 2.73. The molecule has 4 rings (SSSR count). The number of aliphatic hydroxyl groups excluding tert-OH is 1. The number of rotatable bonds is 7. The number of alkyl halides is 3. The maximum atomic E-state index is 13.2. The van der Waals surface area contributed by atoms with E-state index < -0.39 is 43.2 Å². The number of fused-ring (bicyclic) bond motifs is 4. The minimum Gasteiger partial charge on any atom is -0.486 e. The second kappa shape index (κ2) is 9.99. The number of carbonyl (C=O) groups excluding carboxylic acids is 2. The van der Waals surface area contributed by atoms with Crippen LogP contribution in [0, 0.1) is 0 Å². The molecule has 2 bridgehead atoms. The fraction of sp³-hybridized carbons (Fsp3) is 0.455. The van der Waals surface area contributed by atoms with Gasteiger partial charge in [-0.15, -0.1) is 0 Å². The topological polar surface area (TPSA) is 160 Å². The lowest BCUT2D eigenvalue weighted by atomic mass is 10.1. The van der Waals surface area contributed by atoms with Gasteiger partial charge in [0.05, 0.1) is 17.9 Å². The molecule has 2 aliphatic heterocycles. The van der Waals surface area contributed by atoms with Gasteiger partial charge in [-0.05, 0) is 37.6 Å². The molecule has 0 saturated carbocycles. The predicted molar refractivity (Wildman–Crippen MR) is 123 cm³/mol. The van der Waals surface area contributed by atoms with E-state index in [1.54, 1.807) is 6.07 Å². The molecule has 5 N–H and O–H groups in total. The Bertz CT molecular complexity index is 1160. The van der Waals surface area contributed by atoms with Gasteiger partial charge < -0.3 is 30.3 Å². The van der Waals surface area contributed by atoms with Crippen molar-refractivity contribution in [2.24, 2.45) is 0 Å². The van der Waals surface area contributed by atoms with E-state index in [2.05, 4.69) is 15.3 Å². The third kappa shape index (κ3) is 5.84. The first kappa shape index (κ1) is 26.4. The Balaban J connectivity index is 1.51. The van der Waals surface area contributed by atoms with Crippen LogP contribution in [-0.4, -0.2) is 87.6 Å². The van der Waals surface area contributed by atoms with Crippen LogP contribution in [0.15, 0.2) is 30.5 Å². The second-order valence-electron chi connectivity index (χ2n) is 8.77. The molecule has 0 spiro atoms. The average molecular weight is 526 g/mol. The summed E-state index contributed by atoms with van der Waals surface area (Å²) < 4.78 is 43.8. The Hall–Kier alpha value is -3.69. The third-order valence-corrected chi connectivity index (χ3v) is 5.94. The van der Waals surface area contributed by atoms with Crippen LogP contribution in [0.3, 0.4) is 0 Å². The number of carbonyl (C=O) groups is 2. The molecule has 2 atom stereocenters. The van der Waals surface area contributed by atoms with Gasteiger partial charge >= 0.3 is 12.2 Å². The minimum atomic E-state index is -4.62. The van der Waals surface area contributed by atoms with E-state index in [4.69, 9.17) is 9.84 Å². The molecule has 200 valence electrons. The van der Waals surface area contributed by atoms with Crippen molar-refractivity contribution in [3.8, 4) is 5.75 Å². The zero-order chi connectivity index (χ0) is 27.0. The molecular weight excluding hydrogens is 501 g/mol. The summed E-state index contributed by atoms with van der Waals surface area (Å²) in [7, 11) is 0. The molecule has 0 aromatic carbocycles. The molecule has 0 radical (unpaired) electrons. The van der Waals surface area contributed by atoms with Gasteiger partial charge in [0, 0.05) is 13.1 Å². The Morgan fingerprint density at radius 1 is 1.24 bits per heavy atom. The lowest BCUT2D eigenvalue weighted by Gasteiger charge is -2.35. The van der Waals surface area contributed by atoms with Gasteiger partial charge in [-0.2, -0.15) is 13.2 Å². The van der Waals surface area contributed by atoms with Crippen LogP contribution in [0.5, 0.6) is 5.75 Å². The molecule has 1 saturated heterocycles. The smallest absolute Gasteiger partial charge is 0.408 e. The monoisotopic (exact) mass is 526 g/mol. The van der Waals surface area contributed by atoms with E-state index in [-0.39, 0.29) is 29.1 Å². The molecule has 1 unspecified atom stereocenters. The lowest BCUT2D eigenvalue weighted by Crippen LogP contribution is -2.49. The third-order valence-electron chi connectivity index (χ3n) is 5.94. The van der Waals surface area contributed by atoms with Gasteiger partial charge in [0.2, 0.25) is 5.79 Å². The zero-order valence-corrected chi connectivity index (χ0v) is 19.6. The number of amides is 3. The Morgan fingerprint density at radius 3 is 2.65 bits per heavy atom. The fourth-order valence-corrected chi connectivity index (χ4v) is 3.90. The van der Waals surface area contributed by atoms with Crippen LogP contribution in [0.2, 0.25) is 0 Å². The minimum absolute atomic E-state index is 0.133. The highest BCUT2D eigenvalue weighted by Gasteiger charge is 2.41. The van der Waals surface area contributed by atoms with Gasteiger partial charge in [-0.1, -0.05) is 0 Å². The van der Waals surface area contributed by atoms with Gasteiger partial charge in [0.15, 0.2) is 5.82 Å². The highest BCUT2D eigenvalue weighted by Crippen LogP contribution is 2.39. The Morgan fingerprint density at radius 2 is 2.00 bits per heavy atom. The normalized spacial score (nSPS) is 17.8. The molecule has 12 nitrogen and oxygen atoms in total. The van der Waals surface area contributed by atoms with Crippen LogP contribution < -0.4 is 25.2 Å². The van der Waals surface area contributed by atoms with Gasteiger partial charge in [-0.25, -0.2) is 14.8 Å². The maximum absolute atomic E-state index is 13.2. The predicted octanol–water partition coefficient (Wildman–Crippen LogP) is 0.840. The summed E-state index contributed by atoms with van der Waals surface area (Å²) in [4.78, 5) is 37.3. The van der Waals surface area contributed by atoms with Crippen LogP contribution in [0.1, 0.15) is 23.8 Å². The van der Waals surface area contributed by atoms with Crippen molar-refractivity contribution in [2.45, 2.75) is 37.4 Å². The van der Waals surface area contributed by atoms with Crippen LogP contribution in [0.25, 0.3) is 0 Å². The first-order chi connectivity index (χ1) is 17.4. The summed E-state index contributed by atoms with van der Waals surface area (Å²) in [6.07, 6.45) is -2.77. The van der Waals surface area contributed by atoms with E-state index in [9.17, 15) is 33.0 Å². The summed E-state index contributed by atoms with van der Waals surface area (Å²) in [5.41, 5.74) is 0.308. The number of hydrogen-bond acceptors (Lipinski definition) is 9. The zero-order valence-electron chi connectivity index (χ0n) is 19.6. The number of urea groups is 1. The summed E-state index contributed by atoms with van der Waals surface area (Å²) in [5.74, 6) is -3.01. The number of ether oxygens (including phenoxy) is 1. The van der Waals surface area contributed by atoms with Gasteiger partial charge in [0.25, 0.3) is 5.91 Å². The Labute approximate surface area is 208 Å². The molecule has 15 heteroatoms. The molecule has 2 aromatic rings. The van der Waals surface area contributed by atoms with Crippen LogP contribution in [-0.2, 0) is 0 Å². The number of nitrogens with one attached hydrogen (secondary N) is 2. The molecule has 3 amide bonds. The van der Waals surface area contributed by atoms with Gasteiger partial charge in [0.1, 0.15) is 36.5 Å². The van der Waals surface area contributed by atoms with Crippen molar-refractivity contribution in [3.05, 3.63) is 36.2 Å². The lowest BCUT2D eigenvalue weighted by molar-refractivity contribution is -0.203. The molecule has 2 aromatic heterocycles. The van der Waals surface area contributed by atoms with E-state index in [1.807, 2.05) is 10.2 Å². The van der Waals surface area contributed by atoms with E-state index in [0.717, 1.165) is 6.92 Å². The van der Waals surface area contributed by atoms with E-state index >= 15 is 0 Å². The van der Waals surface area contributed by atoms with Crippen molar-refractivity contribution in [1.82, 2.24) is 15.3 Å². The molecule has 1 fully saturated rings. The number of anilines is 3. The molecular formula is C22H25F3N6O6. The van der Waals surface area contributed by atoms with Crippen molar-refractivity contribution < 1.29 is 42.8 Å². The van der Waals surface area contributed by atoms with E-state index in [1.165, 1.54) is 29.3 Å².